The molecule has 6 rings (SSSR count). The lowest BCUT2D eigenvalue weighted by atomic mass is 9.65. The Balaban J connectivity index is 1.46. The first-order chi connectivity index (χ1) is 20.8. The first-order valence-corrected chi connectivity index (χ1v) is 14.0. The van der Waals surface area contributed by atoms with Crippen molar-refractivity contribution in [3.05, 3.63) is 71.0 Å². The number of cyclic esters (lactones) is 1. The predicted molar refractivity (Wildman–Crippen MR) is 153 cm³/mol. The number of hydrogen-bond donors (Lipinski definition) is 1. The van der Waals surface area contributed by atoms with E-state index in [-0.39, 0.29) is 49.3 Å². The van der Waals surface area contributed by atoms with Crippen molar-refractivity contribution in [2.75, 3.05) is 53.6 Å². The standard InChI is InChI=1S/C32H33FN2O8/c1-35(2)10-9-27(36)43-31-25(38-3)11-17(12-26(31)39-4)28-20-13-23-24(42-16-41-23)14-21(20)30(22-15-40-32(37)29(22)28)34-19-7-5-18(33)6-8-19/h5-8,11-14,22,28-30,34H,9-10,15-16H2,1-4H3/t22-,28+,29-,30+/m0/s1. The zero-order chi connectivity index (χ0) is 30.2. The molecule has 1 N–H and O–H groups in total. The molecule has 0 spiro atoms. The van der Waals surface area contributed by atoms with Crippen molar-refractivity contribution in [3.63, 3.8) is 0 Å². The Morgan fingerprint density at radius 3 is 2.26 bits per heavy atom. The highest BCUT2D eigenvalue weighted by atomic mass is 19.1. The number of carbonyl (C=O) groups excluding carboxylic acids is 2. The number of fused-ring (bicyclic) bond motifs is 3. The van der Waals surface area contributed by atoms with Crippen LogP contribution < -0.4 is 29.0 Å². The van der Waals surface area contributed by atoms with E-state index in [1.807, 2.05) is 31.1 Å². The van der Waals surface area contributed by atoms with E-state index in [4.69, 9.17) is 28.4 Å². The van der Waals surface area contributed by atoms with Crippen molar-refractivity contribution >= 4 is 17.6 Å². The third-order valence-electron chi connectivity index (χ3n) is 8.17. The predicted octanol–water partition coefficient (Wildman–Crippen LogP) is 4.52. The summed E-state index contributed by atoms with van der Waals surface area (Å²) in [7, 11) is 6.72. The highest BCUT2D eigenvalue weighted by Gasteiger charge is 2.52. The van der Waals surface area contributed by atoms with Gasteiger partial charge in [-0.2, -0.15) is 0 Å². The molecule has 2 aliphatic heterocycles. The average Bonchev–Trinajstić information content (AvgIpc) is 3.62. The van der Waals surface area contributed by atoms with Gasteiger partial charge in [-0.1, -0.05) is 0 Å². The van der Waals surface area contributed by atoms with Crippen LogP contribution in [0.1, 0.15) is 35.1 Å². The quantitative estimate of drug-likeness (QED) is 0.282. The number of carbonyl (C=O) groups is 2. The summed E-state index contributed by atoms with van der Waals surface area (Å²) < 4.78 is 47.9. The summed E-state index contributed by atoms with van der Waals surface area (Å²) in [6.45, 7) is 0.806. The second-order valence-corrected chi connectivity index (χ2v) is 11.0. The van der Waals surface area contributed by atoms with Crippen molar-refractivity contribution in [2.45, 2.75) is 18.4 Å². The molecule has 3 aliphatic rings. The number of nitrogens with zero attached hydrogens (tertiary/aromatic N) is 1. The lowest BCUT2D eigenvalue weighted by molar-refractivity contribution is -0.141. The lowest BCUT2D eigenvalue weighted by Gasteiger charge is -2.40. The van der Waals surface area contributed by atoms with Gasteiger partial charge in [-0.25, -0.2) is 4.39 Å². The fraction of sp³-hybridized carbons (Fsp3) is 0.375. The fourth-order valence-electron chi connectivity index (χ4n) is 6.13. The minimum Gasteiger partial charge on any atom is -0.493 e. The van der Waals surface area contributed by atoms with Gasteiger partial charge in [0, 0.05) is 24.1 Å². The van der Waals surface area contributed by atoms with Gasteiger partial charge in [0.05, 0.1) is 39.2 Å². The monoisotopic (exact) mass is 592 g/mol. The number of anilines is 1. The molecule has 43 heavy (non-hydrogen) atoms. The van der Waals surface area contributed by atoms with Gasteiger partial charge in [-0.05, 0) is 79.3 Å². The van der Waals surface area contributed by atoms with Crippen LogP contribution in [-0.2, 0) is 14.3 Å². The van der Waals surface area contributed by atoms with E-state index in [2.05, 4.69) is 5.32 Å². The molecule has 0 bridgehead atoms. The van der Waals surface area contributed by atoms with Crippen LogP contribution in [0.15, 0.2) is 48.5 Å². The number of hydrogen-bond acceptors (Lipinski definition) is 10. The summed E-state index contributed by atoms with van der Waals surface area (Å²) in [5.74, 6) is -0.494. The van der Waals surface area contributed by atoms with E-state index < -0.39 is 17.8 Å². The number of halogens is 1. The first-order valence-electron chi connectivity index (χ1n) is 14.0. The van der Waals surface area contributed by atoms with Gasteiger partial charge in [0.25, 0.3) is 0 Å². The average molecular weight is 593 g/mol. The number of ether oxygens (including phenoxy) is 6. The molecule has 3 aromatic carbocycles. The van der Waals surface area contributed by atoms with E-state index in [0.717, 1.165) is 16.7 Å². The smallest absolute Gasteiger partial charge is 0.312 e. The Hall–Kier alpha value is -4.51. The molecule has 2 heterocycles. The highest BCUT2D eigenvalue weighted by molar-refractivity contribution is 5.80. The molecule has 3 aromatic rings. The van der Waals surface area contributed by atoms with E-state index in [9.17, 15) is 14.0 Å². The van der Waals surface area contributed by atoms with Crippen LogP contribution in [0.4, 0.5) is 10.1 Å². The van der Waals surface area contributed by atoms with E-state index in [0.29, 0.717) is 35.2 Å². The Bertz CT molecular complexity index is 1520. The molecule has 4 atom stereocenters. The Morgan fingerprint density at radius 2 is 1.63 bits per heavy atom. The van der Waals surface area contributed by atoms with Crippen LogP contribution in [0, 0.1) is 17.7 Å². The van der Waals surface area contributed by atoms with Gasteiger partial charge in [0.2, 0.25) is 12.5 Å². The molecule has 0 amide bonds. The Morgan fingerprint density at radius 1 is 0.977 bits per heavy atom. The highest BCUT2D eigenvalue weighted by Crippen LogP contribution is 2.56. The number of esters is 2. The molecular weight excluding hydrogens is 559 g/mol. The maximum atomic E-state index is 13.7. The molecule has 1 aliphatic carbocycles. The third kappa shape index (κ3) is 5.40. The van der Waals surface area contributed by atoms with Gasteiger partial charge in [-0.15, -0.1) is 0 Å². The second-order valence-electron chi connectivity index (χ2n) is 11.0. The summed E-state index contributed by atoms with van der Waals surface area (Å²) in [6.07, 6.45) is 0.183. The number of nitrogens with one attached hydrogen (secondary N) is 1. The van der Waals surface area contributed by atoms with Crippen molar-refractivity contribution in [3.8, 4) is 28.7 Å². The molecule has 0 unspecified atom stereocenters. The van der Waals surface area contributed by atoms with Crippen LogP contribution in [0.3, 0.4) is 0 Å². The number of rotatable bonds is 9. The summed E-state index contributed by atoms with van der Waals surface area (Å²) >= 11 is 0. The van der Waals surface area contributed by atoms with Gasteiger partial charge in [-0.3, -0.25) is 9.59 Å². The Kier molecular flexibility index (Phi) is 7.74. The van der Waals surface area contributed by atoms with Crippen molar-refractivity contribution in [1.29, 1.82) is 0 Å². The maximum absolute atomic E-state index is 13.7. The first kappa shape index (κ1) is 28.6. The van der Waals surface area contributed by atoms with E-state index >= 15 is 0 Å². The number of benzene rings is 3. The minimum atomic E-state index is -0.575. The third-order valence-corrected chi connectivity index (χ3v) is 8.17. The Labute approximate surface area is 248 Å². The summed E-state index contributed by atoms with van der Waals surface area (Å²) in [6, 6.07) is 13.1. The normalized spacial score (nSPS) is 21.6. The molecule has 11 heteroatoms. The van der Waals surface area contributed by atoms with Crippen LogP contribution >= 0.6 is 0 Å². The van der Waals surface area contributed by atoms with Gasteiger partial charge in [0.15, 0.2) is 23.0 Å². The fourth-order valence-corrected chi connectivity index (χ4v) is 6.13. The van der Waals surface area contributed by atoms with Crippen LogP contribution in [-0.4, -0.2) is 65.1 Å². The maximum Gasteiger partial charge on any atom is 0.312 e. The van der Waals surface area contributed by atoms with E-state index in [1.54, 1.807) is 24.3 Å². The topological polar surface area (TPSA) is 105 Å². The van der Waals surface area contributed by atoms with Gasteiger partial charge in [0.1, 0.15) is 5.82 Å². The zero-order valence-electron chi connectivity index (χ0n) is 24.3. The lowest BCUT2D eigenvalue weighted by Crippen LogP contribution is -2.37. The van der Waals surface area contributed by atoms with Crippen LogP contribution in [0.2, 0.25) is 0 Å². The minimum absolute atomic E-state index is 0.0867. The van der Waals surface area contributed by atoms with Gasteiger partial charge >= 0.3 is 11.9 Å². The summed E-state index contributed by atoms with van der Waals surface area (Å²) in [5, 5.41) is 3.51. The molecule has 0 saturated carbocycles. The summed E-state index contributed by atoms with van der Waals surface area (Å²) in [4.78, 5) is 28.0. The second kappa shape index (κ2) is 11.6. The zero-order valence-corrected chi connectivity index (χ0v) is 24.3. The number of methoxy groups -OCH3 is 2. The molecule has 0 aromatic heterocycles. The van der Waals surface area contributed by atoms with Crippen LogP contribution in [0.5, 0.6) is 28.7 Å². The molecule has 1 fully saturated rings. The molecular formula is C32H33FN2O8. The largest absolute Gasteiger partial charge is 0.493 e. The SMILES string of the molecule is COc1cc([C@@H]2c3cc4c(cc3[C@@H](Nc3ccc(F)cc3)[C@H]3COC(=O)[C@H]23)OCO4)cc(OC)c1OC(=O)CCN(C)C. The van der Waals surface area contributed by atoms with Crippen molar-refractivity contribution in [2.24, 2.45) is 11.8 Å². The molecule has 10 nitrogen and oxygen atoms in total. The molecule has 0 radical (unpaired) electrons. The van der Waals surface area contributed by atoms with Crippen LogP contribution in [0.25, 0.3) is 0 Å². The molecule has 226 valence electrons. The van der Waals surface area contributed by atoms with Gasteiger partial charge < -0.3 is 38.6 Å². The summed E-state index contributed by atoms with van der Waals surface area (Å²) in [5.41, 5.74) is 3.16. The van der Waals surface area contributed by atoms with Crippen molar-refractivity contribution in [1.82, 2.24) is 4.90 Å². The molecule has 1 saturated heterocycles. The van der Waals surface area contributed by atoms with Crippen molar-refractivity contribution < 1.29 is 42.4 Å². The van der Waals surface area contributed by atoms with E-state index in [1.165, 1.54) is 26.4 Å².